The molecular weight excluding hydrogens is 408 g/mol. The van der Waals surface area contributed by atoms with E-state index in [4.69, 9.17) is 5.11 Å². The molecule has 0 aromatic heterocycles. The molecule has 3 N–H and O–H groups in total. The van der Waals surface area contributed by atoms with Crippen molar-refractivity contribution in [3.8, 4) is 5.75 Å². The number of carbonyl (C=O) groups excluding carboxylic acids is 3. The van der Waals surface area contributed by atoms with Crippen LogP contribution in [0, 0.1) is 0 Å². The lowest BCUT2D eigenvalue weighted by Crippen LogP contribution is -2.37. The van der Waals surface area contributed by atoms with Crippen LogP contribution in [0.5, 0.6) is 5.75 Å². The number of anilines is 1. The Labute approximate surface area is 155 Å². The van der Waals surface area contributed by atoms with Crippen LogP contribution >= 0.6 is 15.9 Å². The first kappa shape index (κ1) is 17.6. The topological polar surface area (TPSA) is 124 Å². The zero-order valence-electron chi connectivity index (χ0n) is 13.0. The number of phenols is 1. The van der Waals surface area contributed by atoms with Crippen LogP contribution in [0.3, 0.4) is 0 Å². The number of imide groups is 1. The number of hydrogen-bond donors (Lipinski definition) is 3. The molecule has 0 saturated heterocycles. The summed E-state index contributed by atoms with van der Waals surface area (Å²) >= 11 is 3.22. The quantitative estimate of drug-likeness (QED) is 0.515. The van der Waals surface area contributed by atoms with Gasteiger partial charge in [-0.05, 0) is 36.4 Å². The average molecular weight is 419 g/mol. The van der Waals surface area contributed by atoms with Crippen molar-refractivity contribution < 1.29 is 29.4 Å². The highest BCUT2D eigenvalue weighted by atomic mass is 79.9. The molecule has 2 aromatic carbocycles. The van der Waals surface area contributed by atoms with Gasteiger partial charge in [-0.2, -0.15) is 0 Å². The number of nitrogens with zero attached hydrogens (tertiary/aromatic N) is 1. The molecule has 3 rings (SSSR count). The number of phenolic OH excluding ortho intramolecular Hbond substituents is 1. The van der Waals surface area contributed by atoms with Crippen LogP contribution in [0.1, 0.15) is 31.1 Å². The number of carbonyl (C=O) groups is 4. The molecule has 0 radical (unpaired) electrons. The van der Waals surface area contributed by atoms with Crippen molar-refractivity contribution in [2.45, 2.75) is 0 Å². The summed E-state index contributed by atoms with van der Waals surface area (Å²) in [5.74, 6) is -3.55. The molecule has 0 saturated carbocycles. The lowest BCUT2D eigenvalue weighted by molar-refractivity contribution is -0.116. The Morgan fingerprint density at radius 1 is 1.04 bits per heavy atom. The van der Waals surface area contributed by atoms with Gasteiger partial charge in [-0.25, -0.2) is 4.79 Å². The number of hydrogen-bond acceptors (Lipinski definition) is 5. The number of rotatable bonds is 4. The molecule has 0 atom stereocenters. The van der Waals surface area contributed by atoms with Gasteiger partial charge in [0, 0.05) is 4.47 Å². The SMILES string of the molecule is O=C(CN1C(=O)c2ccc(Br)cc2C1=O)Nc1ccc(C(=O)O)cc1O. The molecule has 0 spiro atoms. The van der Waals surface area contributed by atoms with Crippen molar-refractivity contribution in [2.24, 2.45) is 0 Å². The molecule has 132 valence electrons. The maximum Gasteiger partial charge on any atom is 0.335 e. The molecule has 0 bridgehead atoms. The van der Waals surface area contributed by atoms with E-state index in [-0.39, 0.29) is 22.4 Å². The summed E-state index contributed by atoms with van der Waals surface area (Å²) in [5, 5.41) is 21.0. The highest BCUT2D eigenvalue weighted by Crippen LogP contribution is 2.27. The predicted octanol–water partition coefficient (Wildman–Crippen LogP) is 2.09. The molecule has 0 fully saturated rings. The molecule has 0 aliphatic carbocycles. The number of aromatic carboxylic acids is 1. The van der Waals surface area contributed by atoms with Crippen LogP contribution in [0.2, 0.25) is 0 Å². The fourth-order valence-electron chi connectivity index (χ4n) is 2.51. The van der Waals surface area contributed by atoms with Crippen LogP contribution in [0.15, 0.2) is 40.9 Å². The minimum absolute atomic E-state index is 0.0284. The number of fused-ring (bicyclic) bond motifs is 1. The Kier molecular flexibility index (Phi) is 4.47. The molecule has 1 aliphatic heterocycles. The third-order valence-corrected chi connectivity index (χ3v) is 4.25. The van der Waals surface area contributed by atoms with E-state index < -0.39 is 36.0 Å². The van der Waals surface area contributed by atoms with E-state index in [9.17, 15) is 24.3 Å². The fraction of sp³-hybridized carbons (Fsp3) is 0.0588. The maximum absolute atomic E-state index is 12.3. The lowest BCUT2D eigenvalue weighted by Gasteiger charge is -2.14. The summed E-state index contributed by atoms with van der Waals surface area (Å²) in [6, 6.07) is 8.03. The standard InChI is InChI=1S/C17H11BrN2O6/c18-9-2-3-10-11(6-9)16(24)20(15(10)23)7-14(22)19-12-4-1-8(17(25)26)5-13(12)21/h1-6,21H,7H2,(H,19,22)(H,25,26). The third kappa shape index (κ3) is 3.16. The monoisotopic (exact) mass is 418 g/mol. The predicted molar refractivity (Wildman–Crippen MR) is 93.2 cm³/mol. The number of aromatic hydroxyl groups is 1. The first-order chi connectivity index (χ1) is 12.3. The van der Waals surface area contributed by atoms with E-state index >= 15 is 0 Å². The van der Waals surface area contributed by atoms with Crippen LogP contribution in [0.4, 0.5) is 5.69 Å². The van der Waals surface area contributed by atoms with Crippen molar-refractivity contribution in [1.29, 1.82) is 0 Å². The van der Waals surface area contributed by atoms with Gasteiger partial charge in [-0.1, -0.05) is 15.9 Å². The molecule has 1 heterocycles. The normalized spacial score (nSPS) is 12.9. The second-order valence-corrected chi connectivity index (χ2v) is 6.39. The van der Waals surface area contributed by atoms with Crippen LogP contribution in [-0.2, 0) is 4.79 Å². The van der Waals surface area contributed by atoms with E-state index in [1.807, 2.05) is 0 Å². The second kappa shape index (κ2) is 6.60. The number of halogens is 1. The van der Waals surface area contributed by atoms with Crippen molar-refractivity contribution in [2.75, 3.05) is 11.9 Å². The summed E-state index contributed by atoms with van der Waals surface area (Å²) in [4.78, 5) is 48.4. The summed E-state index contributed by atoms with van der Waals surface area (Å²) in [5.41, 5.74) is 0.233. The van der Waals surface area contributed by atoms with Gasteiger partial charge >= 0.3 is 5.97 Å². The zero-order valence-corrected chi connectivity index (χ0v) is 14.6. The van der Waals surface area contributed by atoms with Crippen LogP contribution in [0.25, 0.3) is 0 Å². The van der Waals surface area contributed by atoms with Crippen molar-refractivity contribution in [3.63, 3.8) is 0 Å². The molecule has 3 amide bonds. The molecule has 8 nitrogen and oxygen atoms in total. The third-order valence-electron chi connectivity index (χ3n) is 3.75. The van der Waals surface area contributed by atoms with E-state index in [0.29, 0.717) is 4.47 Å². The van der Waals surface area contributed by atoms with E-state index in [1.165, 1.54) is 24.3 Å². The van der Waals surface area contributed by atoms with Gasteiger partial charge in [0.05, 0.1) is 22.4 Å². The number of carboxylic acid groups (broad SMARTS) is 1. The minimum atomic E-state index is -1.23. The first-order valence-electron chi connectivity index (χ1n) is 7.30. The minimum Gasteiger partial charge on any atom is -0.506 e. The lowest BCUT2D eigenvalue weighted by atomic mass is 10.1. The number of carboxylic acids is 1. The molecule has 2 aromatic rings. The van der Waals surface area contributed by atoms with Gasteiger partial charge in [0.15, 0.2) is 0 Å². The molecule has 1 aliphatic rings. The van der Waals surface area contributed by atoms with Gasteiger partial charge in [-0.3, -0.25) is 19.3 Å². The van der Waals surface area contributed by atoms with E-state index in [2.05, 4.69) is 21.2 Å². The van der Waals surface area contributed by atoms with E-state index in [1.54, 1.807) is 6.07 Å². The first-order valence-corrected chi connectivity index (χ1v) is 8.09. The zero-order chi connectivity index (χ0) is 19.0. The van der Waals surface area contributed by atoms with Crippen molar-refractivity contribution >= 4 is 45.3 Å². The van der Waals surface area contributed by atoms with Gasteiger partial charge in [0.2, 0.25) is 5.91 Å². The van der Waals surface area contributed by atoms with Gasteiger partial charge in [0.25, 0.3) is 11.8 Å². The molecule has 9 heteroatoms. The van der Waals surface area contributed by atoms with Crippen molar-refractivity contribution in [1.82, 2.24) is 4.90 Å². The Bertz CT molecular complexity index is 972. The number of nitrogens with one attached hydrogen (secondary N) is 1. The number of benzene rings is 2. The van der Waals surface area contributed by atoms with E-state index in [0.717, 1.165) is 11.0 Å². The maximum atomic E-state index is 12.3. The molecule has 26 heavy (non-hydrogen) atoms. The highest BCUT2D eigenvalue weighted by Gasteiger charge is 2.36. The summed E-state index contributed by atoms with van der Waals surface area (Å²) in [6.07, 6.45) is 0. The fourth-order valence-corrected chi connectivity index (χ4v) is 2.87. The summed E-state index contributed by atoms with van der Waals surface area (Å²) in [7, 11) is 0. The Morgan fingerprint density at radius 2 is 1.73 bits per heavy atom. The molecular formula is C17H11BrN2O6. The largest absolute Gasteiger partial charge is 0.506 e. The Balaban J connectivity index is 1.74. The van der Waals surface area contributed by atoms with Crippen molar-refractivity contribution in [3.05, 3.63) is 57.6 Å². The van der Waals surface area contributed by atoms with Gasteiger partial charge in [0.1, 0.15) is 12.3 Å². The molecule has 0 unspecified atom stereocenters. The Hall–Kier alpha value is -3.20. The van der Waals surface area contributed by atoms with Crippen LogP contribution < -0.4 is 5.32 Å². The smallest absolute Gasteiger partial charge is 0.335 e. The average Bonchev–Trinajstić information content (AvgIpc) is 2.81. The second-order valence-electron chi connectivity index (χ2n) is 5.47. The van der Waals surface area contributed by atoms with Gasteiger partial charge in [-0.15, -0.1) is 0 Å². The summed E-state index contributed by atoms with van der Waals surface area (Å²) < 4.78 is 0.632. The Morgan fingerprint density at radius 3 is 2.38 bits per heavy atom. The highest BCUT2D eigenvalue weighted by molar-refractivity contribution is 9.10. The number of amides is 3. The summed E-state index contributed by atoms with van der Waals surface area (Å²) in [6.45, 7) is -0.538. The van der Waals surface area contributed by atoms with Gasteiger partial charge < -0.3 is 15.5 Å². The van der Waals surface area contributed by atoms with Crippen LogP contribution in [-0.4, -0.2) is 45.3 Å².